The lowest BCUT2D eigenvalue weighted by molar-refractivity contribution is -0.383. The van der Waals surface area contributed by atoms with Gasteiger partial charge in [0.15, 0.2) is 0 Å². The number of phenols is 1. The van der Waals surface area contributed by atoms with E-state index in [9.17, 15) is 20.0 Å². The number of fused-ring (bicyclic) bond motifs is 1. The first-order valence-electron chi connectivity index (χ1n) is 8.47. The van der Waals surface area contributed by atoms with Crippen molar-refractivity contribution in [3.8, 4) is 5.75 Å². The van der Waals surface area contributed by atoms with E-state index in [0.29, 0.717) is 18.4 Å². The summed E-state index contributed by atoms with van der Waals surface area (Å²) in [5, 5.41) is 25.4. The number of pyridine rings is 2. The zero-order valence-corrected chi connectivity index (χ0v) is 14.6. The molecular weight excluding hydrogens is 348 g/mol. The number of carbonyl (C=O) groups excluding carboxylic acids is 1. The van der Waals surface area contributed by atoms with E-state index in [1.807, 2.05) is 6.92 Å². The van der Waals surface area contributed by atoms with Gasteiger partial charge < -0.3 is 10.4 Å². The fourth-order valence-corrected chi connectivity index (χ4v) is 2.95. The third-order valence-corrected chi connectivity index (χ3v) is 4.18. The van der Waals surface area contributed by atoms with Crippen molar-refractivity contribution in [2.24, 2.45) is 0 Å². The normalized spacial score (nSPS) is 11.9. The number of nitrogens with zero attached hydrogens (tertiary/aromatic N) is 3. The number of aromatic hydroxyl groups is 1. The van der Waals surface area contributed by atoms with Crippen LogP contribution in [-0.2, 0) is 4.79 Å². The topological polar surface area (TPSA) is 118 Å². The van der Waals surface area contributed by atoms with Gasteiger partial charge in [-0.15, -0.1) is 0 Å². The van der Waals surface area contributed by atoms with Crippen LogP contribution in [0.1, 0.15) is 36.9 Å². The Kier molecular flexibility index (Phi) is 5.25. The SMILES string of the molecule is CCCC(=O)NC(c1cccnc1)c1cc([N+](=O)[O-])c2cccnc2c1O. The van der Waals surface area contributed by atoms with Gasteiger partial charge in [-0.3, -0.25) is 24.9 Å². The lowest BCUT2D eigenvalue weighted by atomic mass is 9.96. The number of benzene rings is 1. The van der Waals surface area contributed by atoms with Crippen molar-refractivity contribution in [2.45, 2.75) is 25.8 Å². The van der Waals surface area contributed by atoms with Gasteiger partial charge in [0.25, 0.3) is 5.69 Å². The number of hydrogen-bond donors (Lipinski definition) is 2. The molecule has 1 unspecified atom stereocenters. The molecule has 2 heterocycles. The Bertz CT molecular complexity index is 992. The molecule has 0 spiro atoms. The van der Waals surface area contributed by atoms with E-state index in [0.717, 1.165) is 0 Å². The Balaban J connectivity index is 2.22. The predicted octanol–water partition coefficient (Wildman–Crippen LogP) is 3.25. The van der Waals surface area contributed by atoms with Crippen molar-refractivity contribution in [3.63, 3.8) is 0 Å². The van der Waals surface area contributed by atoms with Crippen molar-refractivity contribution in [1.82, 2.24) is 15.3 Å². The predicted molar refractivity (Wildman–Crippen MR) is 99.2 cm³/mol. The molecule has 0 aliphatic carbocycles. The summed E-state index contributed by atoms with van der Waals surface area (Å²) >= 11 is 0. The third-order valence-electron chi connectivity index (χ3n) is 4.18. The molecule has 27 heavy (non-hydrogen) atoms. The highest BCUT2D eigenvalue weighted by Crippen LogP contribution is 2.39. The van der Waals surface area contributed by atoms with Crippen molar-refractivity contribution in [1.29, 1.82) is 0 Å². The molecule has 3 aromatic rings. The van der Waals surface area contributed by atoms with Gasteiger partial charge in [0, 0.05) is 36.6 Å². The first-order chi connectivity index (χ1) is 13.0. The van der Waals surface area contributed by atoms with Crippen LogP contribution >= 0.6 is 0 Å². The van der Waals surface area contributed by atoms with Gasteiger partial charge in [-0.05, 0) is 30.2 Å². The minimum absolute atomic E-state index is 0.111. The summed E-state index contributed by atoms with van der Waals surface area (Å²) in [5.41, 5.74) is 0.719. The van der Waals surface area contributed by atoms with E-state index in [-0.39, 0.29) is 33.8 Å². The molecule has 3 rings (SSSR count). The van der Waals surface area contributed by atoms with E-state index in [1.54, 1.807) is 30.6 Å². The second-order valence-electron chi connectivity index (χ2n) is 6.03. The average Bonchev–Trinajstić information content (AvgIpc) is 2.67. The maximum absolute atomic E-state index is 12.2. The van der Waals surface area contributed by atoms with Gasteiger partial charge in [0.05, 0.1) is 16.4 Å². The molecule has 2 N–H and O–H groups in total. The Morgan fingerprint density at radius 3 is 2.78 bits per heavy atom. The molecule has 0 fully saturated rings. The highest BCUT2D eigenvalue weighted by Gasteiger charge is 2.26. The second kappa shape index (κ2) is 7.77. The van der Waals surface area contributed by atoms with E-state index in [4.69, 9.17) is 0 Å². The minimum Gasteiger partial charge on any atom is -0.505 e. The fourth-order valence-electron chi connectivity index (χ4n) is 2.95. The number of rotatable bonds is 6. The van der Waals surface area contributed by atoms with Crippen molar-refractivity contribution in [3.05, 3.63) is 70.2 Å². The molecule has 138 valence electrons. The van der Waals surface area contributed by atoms with Crippen LogP contribution in [0.4, 0.5) is 5.69 Å². The highest BCUT2D eigenvalue weighted by molar-refractivity contribution is 5.93. The van der Waals surface area contributed by atoms with Gasteiger partial charge in [0.2, 0.25) is 5.91 Å². The van der Waals surface area contributed by atoms with Crippen LogP contribution in [0.15, 0.2) is 48.9 Å². The number of aromatic nitrogens is 2. The summed E-state index contributed by atoms with van der Waals surface area (Å²) in [6.07, 6.45) is 5.52. The molecule has 0 bridgehead atoms. The summed E-state index contributed by atoms with van der Waals surface area (Å²) in [4.78, 5) is 31.4. The fraction of sp³-hybridized carbons (Fsp3) is 0.211. The molecule has 8 nitrogen and oxygen atoms in total. The Hall–Kier alpha value is -3.55. The van der Waals surface area contributed by atoms with Crippen LogP contribution in [0.5, 0.6) is 5.75 Å². The number of nitrogens with one attached hydrogen (secondary N) is 1. The van der Waals surface area contributed by atoms with E-state index in [1.165, 1.54) is 18.3 Å². The average molecular weight is 366 g/mol. The number of phenolic OH excluding ortho intramolecular Hbond substituents is 1. The molecular formula is C19H18N4O4. The molecule has 1 atom stereocenters. The maximum atomic E-state index is 12.2. The molecule has 1 amide bonds. The Morgan fingerprint density at radius 1 is 1.33 bits per heavy atom. The molecule has 1 aromatic carbocycles. The quantitative estimate of drug-likeness (QED) is 0.511. The summed E-state index contributed by atoms with van der Waals surface area (Å²) in [7, 11) is 0. The van der Waals surface area contributed by atoms with Gasteiger partial charge in [0.1, 0.15) is 11.3 Å². The monoisotopic (exact) mass is 366 g/mol. The second-order valence-corrected chi connectivity index (χ2v) is 6.03. The van der Waals surface area contributed by atoms with Gasteiger partial charge in [-0.25, -0.2) is 0 Å². The van der Waals surface area contributed by atoms with E-state index >= 15 is 0 Å². The smallest absolute Gasteiger partial charge is 0.279 e. The molecule has 2 aromatic heterocycles. The van der Waals surface area contributed by atoms with Crippen LogP contribution in [0, 0.1) is 10.1 Å². The molecule has 0 radical (unpaired) electrons. The molecule has 0 aliphatic heterocycles. The van der Waals surface area contributed by atoms with Crippen molar-refractivity contribution < 1.29 is 14.8 Å². The van der Waals surface area contributed by atoms with E-state index in [2.05, 4.69) is 15.3 Å². The first-order valence-corrected chi connectivity index (χ1v) is 8.47. The number of carbonyl (C=O) groups is 1. The molecule has 0 saturated carbocycles. The van der Waals surface area contributed by atoms with Crippen LogP contribution in [-0.4, -0.2) is 25.9 Å². The zero-order chi connectivity index (χ0) is 19.4. The first kappa shape index (κ1) is 18.2. The van der Waals surface area contributed by atoms with Gasteiger partial charge >= 0.3 is 0 Å². The summed E-state index contributed by atoms with van der Waals surface area (Å²) in [6.45, 7) is 1.88. The third kappa shape index (κ3) is 3.69. The molecule has 0 aliphatic rings. The zero-order valence-electron chi connectivity index (χ0n) is 14.6. The van der Waals surface area contributed by atoms with Gasteiger partial charge in [-0.2, -0.15) is 0 Å². The highest BCUT2D eigenvalue weighted by atomic mass is 16.6. The standard InChI is InChI=1S/C19H18N4O4/c1-2-5-16(24)22-17(12-6-3-8-20-11-12)14-10-15(23(26)27)13-7-4-9-21-18(13)19(14)25/h3-4,6-11,17,25H,2,5H2,1H3,(H,22,24). The van der Waals surface area contributed by atoms with Crippen molar-refractivity contribution in [2.75, 3.05) is 0 Å². The van der Waals surface area contributed by atoms with Crippen molar-refractivity contribution >= 4 is 22.5 Å². The number of hydrogen-bond acceptors (Lipinski definition) is 6. The molecule has 0 saturated heterocycles. The minimum atomic E-state index is -0.789. The van der Waals surface area contributed by atoms with Crippen LogP contribution in [0.3, 0.4) is 0 Å². The largest absolute Gasteiger partial charge is 0.505 e. The summed E-state index contributed by atoms with van der Waals surface area (Å²) < 4.78 is 0. The number of nitro groups is 1. The van der Waals surface area contributed by atoms with Crippen LogP contribution in [0.2, 0.25) is 0 Å². The summed E-state index contributed by atoms with van der Waals surface area (Å²) in [6, 6.07) is 7.01. The summed E-state index contributed by atoms with van der Waals surface area (Å²) in [5.74, 6) is -0.434. The Morgan fingerprint density at radius 2 is 2.11 bits per heavy atom. The molecule has 8 heteroatoms. The lowest BCUT2D eigenvalue weighted by Gasteiger charge is -2.21. The van der Waals surface area contributed by atoms with Gasteiger partial charge in [-0.1, -0.05) is 13.0 Å². The maximum Gasteiger partial charge on any atom is 0.279 e. The van der Waals surface area contributed by atoms with Crippen LogP contribution < -0.4 is 5.32 Å². The Labute approximate surface area is 155 Å². The number of nitro benzene ring substituents is 1. The lowest BCUT2D eigenvalue weighted by Crippen LogP contribution is -2.29. The number of non-ortho nitro benzene ring substituents is 1. The van der Waals surface area contributed by atoms with E-state index < -0.39 is 11.0 Å². The van der Waals surface area contributed by atoms with Crippen LogP contribution in [0.25, 0.3) is 10.9 Å². The number of amides is 1.